The number of fused-ring (bicyclic) bond motifs is 2. The number of carbonyl (C=O) groups excluding carboxylic acids is 1. The second-order valence-corrected chi connectivity index (χ2v) is 12.0. The summed E-state index contributed by atoms with van der Waals surface area (Å²) in [5, 5.41) is 18.0. The topological polar surface area (TPSA) is 159 Å². The van der Waals surface area contributed by atoms with Crippen LogP contribution >= 0.6 is 7.75 Å². The lowest BCUT2D eigenvalue weighted by atomic mass is 9.98. The number of esters is 1. The van der Waals surface area contributed by atoms with Crippen molar-refractivity contribution in [2.75, 3.05) is 25.6 Å². The van der Waals surface area contributed by atoms with E-state index in [4.69, 9.17) is 18.5 Å². The summed E-state index contributed by atoms with van der Waals surface area (Å²) in [5.41, 5.74) is -1.63. The van der Waals surface area contributed by atoms with Crippen molar-refractivity contribution in [1.82, 2.24) is 24.6 Å². The van der Waals surface area contributed by atoms with Crippen LogP contribution in [0.15, 0.2) is 48.8 Å². The zero-order valence-corrected chi connectivity index (χ0v) is 25.2. The number of alkyl halides is 1. The monoisotopic (exact) mass is 616 g/mol. The van der Waals surface area contributed by atoms with Gasteiger partial charge in [-0.1, -0.05) is 36.4 Å². The van der Waals surface area contributed by atoms with Gasteiger partial charge in [-0.3, -0.25) is 13.9 Å². The molecule has 2 aromatic heterocycles. The summed E-state index contributed by atoms with van der Waals surface area (Å²) in [6, 6.07) is 11.4. The van der Waals surface area contributed by atoms with Gasteiger partial charge in [0, 0.05) is 12.4 Å². The quantitative estimate of drug-likeness (QED) is 0.164. The smallest absolute Gasteiger partial charge is 0.459 e. The van der Waals surface area contributed by atoms with Gasteiger partial charge in [0.15, 0.2) is 28.9 Å². The van der Waals surface area contributed by atoms with E-state index in [9.17, 15) is 14.5 Å². The van der Waals surface area contributed by atoms with E-state index >= 15 is 4.39 Å². The molecular formula is C28H34FN6O7P. The Balaban J connectivity index is 1.42. The average molecular weight is 617 g/mol. The molecule has 6 atom stereocenters. The van der Waals surface area contributed by atoms with Crippen molar-refractivity contribution in [3.8, 4) is 5.75 Å². The summed E-state index contributed by atoms with van der Waals surface area (Å²) >= 11 is 0. The van der Waals surface area contributed by atoms with Crippen molar-refractivity contribution in [3.63, 3.8) is 0 Å². The second kappa shape index (κ2) is 12.1. The molecule has 15 heteroatoms. The summed E-state index contributed by atoms with van der Waals surface area (Å²) in [4.78, 5) is 25.4. The van der Waals surface area contributed by atoms with Gasteiger partial charge in [-0.05, 0) is 39.1 Å². The number of hydrogen-bond acceptors (Lipinski definition) is 11. The van der Waals surface area contributed by atoms with Gasteiger partial charge in [-0.15, -0.1) is 0 Å². The number of anilines is 1. The van der Waals surface area contributed by atoms with Gasteiger partial charge in [0.2, 0.25) is 0 Å². The molecule has 13 nitrogen and oxygen atoms in total. The summed E-state index contributed by atoms with van der Waals surface area (Å²) in [5.74, 6) is 0.428. The molecule has 1 aliphatic heterocycles. The van der Waals surface area contributed by atoms with Crippen molar-refractivity contribution in [2.24, 2.45) is 0 Å². The Morgan fingerprint density at radius 2 is 2.00 bits per heavy atom. The molecule has 0 bridgehead atoms. The van der Waals surface area contributed by atoms with Crippen LogP contribution in [0, 0.1) is 6.92 Å². The molecule has 2 aromatic carbocycles. The largest absolute Gasteiger partial charge is 0.465 e. The highest BCUT2D eigenvalue weighted by Gasteiger charge is 2.56. The lowest BCUT2D eigenvalue weighted by molar-refractivity contribution is -0.144. The Morgan fingerprint density at radius 3 is 2.74 bits per heavy atom. The zero-order valence-electron chi connectivity index (χ0n) is 24.4. The van der Waals surface area contributed by atoms with E-state index in [1.54, 1.807) is 45.2 Å². The minimum absolute atomic E-state index is 0.113. The maximum Gasteiger partial charge on any atom is 0.459 e. The summed E-state index contributed by atoms with van der Waals surface area (Å²) in [7, 11) is -2.67. The van der Waals surface area contributed by atoms with Crippen LogP contribution in [-0.2, 0) is 23.4 Å². The van der Waals surface area contributed by atoms with Crippen molar-refractivity contribution < 1.29 is 37.4 Å². The molecule has 0 radical (unpaired) electrons. The number of halogens is 1. The van der Waals surface area contributed by atoms with Gasteiger partial charge in [-0.25, -0.2) is 23.9 Å². The minimum atomic E-state index is -4.35. The van der Waals surface area contributed by atoms with Crippen LogP contribution in [-0.4, -0.2) is 74.8 Å². The van der Waals surface area contributed by atoms with E-state index in [0.717, 1.165) is 5.39 Å². The number of aliphatic hydroxyl groups excluding tert-OH is 1. The van der Waals surface area contributed by atoms with E-state index < -0.39 is 50.5 Å². The molecule has 4 aromatic rings. The number of rotatable bonds is 11. The standard InChI is InChI=1S/C28H34FN6O7P/c1-6-39-26(37)16(2)34-43(38,42-20-13-9-11-18-10-7-8-12-19(18)20)40-14-21-23(36)28(4,29)27(41-21)35-15-31-22-24(30-5)32-17(3)33-25(22)35/h7-13,15-16,21,23,27,36H,6,14H2,1-5H3,(H,34,38)(H,30,32,33)/t16-,21-,23-,27-,28-,43?/m1/s1. The molecule has 1 unspecified atom stereocenters. The normalized spacial score (nSPS) is 24.1. The van der Waals surface area contributed by atoms with Crippen LogP contribution in [0.3, 0.4) is 0 Å². The molecule has 3 heterocycles. The molecule has 1 saturated heterocycles. The van der Waals surface area contributed by atoms with Gasteiger partial charge < -0.3 is 24.4 Å². The third-order valence-electron chi connectivity index (χ3n) is 7.11. The third-order valence-corrected chi connectivity index (χ3v) is 8.74. The Morgan fingerprint density at radius 1 is 1.26 bits per heavy atom. The van der Waals surface area contributed by atoms with Crippen LogP contribution < -0.4 is 14.9 Å². The van der Waals surface area contributed by atoms with E-state index in [0.29, 0.717) is 28.2 Å². The number of imidazole rings is 1. The maximum absolute atomic E-state index is 16.1. The number of nitrogens with one attached hydrogen (secondary N) is 2. The fourth-order valence-electron chi connectivity index (χ4n) is 4.95. The highest BCUT2D eigenvalue weighted by molar-refractivity contribution is 7.52. The fraction of sp³-hybridized carbons (Fsp3) is 0.429. The molecule has 1 fully saturated rings. The van der Waals surface area contributed by atoms with Crippen LogP contribution in [0.1, 0.15) is 32.8 Å². The van der Waals surface area contributed by atoms with Gasteiger partial charge in [0.1, 0.15) is 29.8 Å². The first-order valence-electron chi connectivity index (χ1n) is 13.7. The lowest BCUT2D eigenvalue weighted by Gasteiger charge is -2.25. The van der Waals surface area contributed by atoms with Gasteiger partial charge in [0.05, 0.1) is 19.5 Å². The maximum atomic E-state index is 16.1. The number of ether oxygens (including phenoxy) is 2. The number of hydrogen-bond donors (Lipinski definition) is 3. The van der Waals surface area contributed by atoms with Crippen LogP contribution in [0.25, 0.3) is 21.9 Å². The Kier molecular flexibility index (Phi) is 8.68. The Hall–Kier alpha value is -3.68. The van der Waals surface area contributed by atoms with E-state index in [2.05, 4.69) is 25.4 Å². The molecule has 230 valence electrons. The van der Waals surface area contributed by atoms with Crippen molar-refractivity contribution >= 4 is 41.5 Å². The molecular weight excluding hydrogens is 582 g/mol. The Bertz CT molecular complexity index is 1680. The number of aliphatic hydroxyl groups is 1. The predicted octanol–water partition coefficient (Wildman–Crippen LogP) is 4.06. The fourth-order valence-corrected chi connectivity index (χ4v) is 6.47. The number of benzene rings is 2. The van der Waals surface area contributed by atoms with Gasteiger partial charge >= 0.3 is 13.7 Å². The average Bonchev–Trinajstić information content (AvgIpc) is 3.49. The highest BCUT2D eigenvalue weighted by Crippen LogP contribution is 2.49. The van der Waals surface area contributed by atoms with Crippen LogP contribution in [0.5, 0.6) is 5.75 Å². The first-order chi connectivity index (χ1) is 20.5. The first kappa shape index (κ1) is 30.8. The molecule has 0 saturated carbocycles. The summed E-state index contributed by atoms with van der Waals surface area (Å²) < 4.78 is 54.3. The molecule has 43 heavy (non-hydrogen) atoms. The first-order valence-corrected chi connectivity index (χ1v) is 15.3. The van der Waals surface area contributed by atoms with Crippen molar-refractivity contribution in [3.05, 3.63) is 54.6 Å². The molecule has 3 N–H and O–H groups in total. The number of carbonyl (C=O) groups is 1. The summed E-state index contributed by atoms with van der Waals surface area (Å²) in [6.07, 6.45) is -2.98. The van der Waals surface area contributed by atoms with Crippen LogP contribution in [0.2, 0.25) is 0 Å². The lowest BCUT2D eigenvalue weighted by Crippen LogP contribution is -2.41. The SMILES string of the molecule is CCOC(=O)[C@@H](C)NP(=O)(OC[C@H]1O[C@@H](n2cnc3c(NC)nc(C)nc32)[C@](C)(F)[C@@H]1O)Oc1cccc2ccccc12. The van der Waals surface area contributed by atoms with Crippen LogP contribution in [0.4, 0.5) is 10.2 Å². The molecule has 0 spiro atoms. The van der Waals surface area contributed by atoms with E-state index in [-0.39, 0.29) is 12.4 Å². The van der Waals surface area contributed by atoms with Crippen molar-refractivity contribution in [2.45, 2.75) is 57.8 Å². The van der Waals surface area contributed by atoms with E-state index in [1.165, 1.54) is 24.7 Å². The highest BCUT2D eigenvalue weighted by atomic mass is 31.2. The molecule has 0 amide bonds. The van der Waals surface area contributed by atoms with Crippen molar-refractivity contribution in [1.29, 1.82) is 0 Å². The zero-order chi connectivity index (χ0) is 30.9. The predicted molar refractivity (Wildman–Crippen MR) is 156 cm³/mol. The van der Waals surface area contributed by atoms with Gasteiger partial charge in [0.25, 0.3) is 0 Å². The number of nitrogens with zero attached hydrogens (tertiary/aromatic N) is 4. The number of aromatic nitrogens is 4. The third kappa shape index (κ3) is 6.06. The molecule has 0 aliphatic carbocycles. The molecule has 5 rings (SSSR count). The summed E-state index contributed by atoms with van der Waals surface area (Å²) in [6.45, 7) is 5.53. The van der Waals surface area contributed by atoms with E-state index in [1.807, 2.05) is 18.2 Å². The minimum Gasteiger partial charge on any atom is -0.465 e. The second-order valence-electron chi connectivity index (χ2n) is 10.3. The Labute approximate surface area is 247 Å². The van der Waals surface area contributed by atoms with Gasteiger partial charge in [-0.2, -0.15) is 5.09 Å². The molecule has 1 aliphatic rings. The number of aryl methyl sites for hydroxylation is 1.